The summed E-state index contributed by atoms with van der Waals surface area (Å²) in [5, 5.41) is -0.0637. The summed E-state index contributed by atoms with van der Waals surface area (Å²) < 4.78 is 13.1. The van der Waals surface area contributed by atoms with E-state index < -0.39 is 5.82 Å². The smallest absolute Gasteiger partial charge is 0.164 e. The molecule has 0 unspecified atom stereocenters. The van der Waals surface area contributed by atoms with Crippen molar-refractivity contribution in [1.29, 1.82) is 0 Å². The Hall–Kier alpha value is -0.890. The first-order chi connectivity index (χ1) is 7.02. The first kappa shape index (κ1) is 12.2. The molecule has 0 fully saturated rings. The number of rotatable bonds is 4. The summed E-state index contributed by atoms with van der Waals surface area (Å²) in [6, 6.07) is 4.32. The van der Waals surface area contributed by atoms with Gasteiger partial charge in [0.2, 0.25) is 0 Å². The van der Waals surface area contributed by atoms with Crippen molar-refractivity contribution >= 4 is 17.4 Å². The van der Waals surface area contributed by atoms with Gasteiger partial charge < -0.3 is 0 Å². The van der Waals surface area contributed by atoms with Crippen LogP contribution in [0.4, 0.5) is 4.39 Å². The van der Waals surface area contributed by atoms with Gasteiger partial charge in [0.05, 0.1) is 5.02 Å². The third-order valence-electron chi connectivity index (χ3n) is 2.20. The first-order valence-electron chi connectivity index (χ1n) is 4.99. The lowest BCUT2D eigenvalue weighted by Gasteiger charge is -2.05. The predicted octanol–water partition coefficient (Wildman–Crippen LogP) is 4.10. The highest BCUT2D eigenvalue weighted by Crippen LogP contribution is 2.22. The van der Waals surface area contributed by atoms with Crippen LogP contribution in [0.2, 0.25) is 5.02 Å². The molecule has 0 aliphatic rings. The Morgan fingerprint density at radius 3 is 2.73 bits per heavy atom. The highest BCUT2D eigenvalue weighted by Gasteiger charge is 2.13. The number of benzene rings is 1. The zero-order valence-corrected chi connectivity index (χ0v) is 9.64. The lowest BCUT2D eigenvalue weighted by atomic mass is 10.0. The van der Waals surface area contributed by atoms with Gasteiger partial charge in [-0.1, -0.05) is 31.5 Å². The van der Waals surface area contributed by atoms with E-state index in [1.807, 2.05) is 13.8 Å². The molecule has 0 aliphatic heterocycles. The van der Waals surface area contributed by atoms with Gasteiger partial charge in [-0.2, -0.15) is 0 Å². The summed E-state index contributed by atoms with van der Waals surface area (Å²) in [6.07, 6.45) is 1.21. The minimum absolute atomic E-state index is 0.0637. The Morgan fingerprint density at radius 1 is 1.47 bits per heavy atom. The normalized spacial score (nSPS) is 10.7. The van der Waals surface area contributed by atoms with Gasteiger partial charge in [-0.15, -0.1) is 0 Å². The van der Waals surface area contributed by atoms with E-state index in [9.17, 15) is 9.18 Å². The van der Waals surface area contributed by atoms with E-state index in [-0.39, 0.29) is 16.4 Å². The van der Waals surface area contributed by atoms with Crippen molar-refractivity contribution in [2.24, 2.45) is 5.92 Å². The van der Waals surface area contributed by atoms with Gasteiger partial charge in [-0.3, -0.25) is 4.79 Å². The Balaban J connectivity index is 2.78. The third kappa shape index (κ3) is 3.31. The van der Waals surface area contributed by atoms with Gasteiger partial charge in [0.25, 0.3) is 0 Å². The van der Waals surface area contributed by atoms with E-state index in [4.69, 9.17) is 11.6 Å². The van der Waals surface area contributed by atoms with Gasteiger partial charge in [0.1, 0.15) is 5.82 Å². The van der Waals surface area contributed by atoms with E-state index in [0.29, 0.717) is 12.3 Å². The number of Topliss-reactive ketones (excluding diaryl/α,β-unsaturated/α-hetero) is 1. The van der Waals surface area contributed by atoms with E-state index in [1.54, 1.807) is 6.07 Å². The second-order valence-electron chi connectivity index (χ2n) is 3.96. The van der Waals surface area contributed by atoms with E-state index in [0.717, 1.165) is 6.42 Å². The average molecular weight is 229 g/mol. The van der Waals surface area contributed by atoms with E-state index in [1.165, 1.54) is 12.1 Å². The number of carbonyl (C=O) groups is 1. The molecule has 0 bridgehead atoms. The molecule has 0 heterocycles. The van der Waals surface area contributed by atoms with Crippen LogP contribution < -0.4 is 0 Å². The van der Waals surface area contributed by atoms with Crippen molar-refractivity contribution in [3.05, 3.63) is 34.6 Å². The fourth-order valence-corrected chi connectivity index (χ4v) is 1.50. The molecule has 1 aromatic rings. The van der Waals surface area contributed by atoms with E-state index in [2.05, 4.69) is 0 Å². The molecule has 0 saturated heterocycles. The lowest BCUT2D eigenvalue weighted by Crippen LogP contribution is -2.03. The molecule has 0 aliphatic carbocycles. The van der Waals surface area contributed by atoms with Crippen LogP contribution in [-0.4, -0.2) is 5.78 Å². The molecule has 0 atom stereocenters. The largest absolute Gasteiger partial charge is 0.294 e. The van der Waals surface area contributed by atoms with Crippen LogP contribution in [0.15, 0.2) is 18.2 Å². The Labute approximate surface area is 94.3 Å². The minimum atomic E-state index is -0.535. The standard InChI is InChI=1S/C12H14ClFO/c1-8(2)6-7-11(15)9-4-3-5-10(14)12(9)13/h3-5,8H,6-7H2,1-2H3. The average Bonchev–Trinajstić information content (AvgIpc) is 2.18. The monoisotopic (exact) mass is 228 g/mol. The van der Waals surface area contributed by atoms with Crippen molar-refractivity contribution in [3.63, 3.8) is 0 Å². The van der Waals surface area contributed by atoms with Crippen molar-refractivity contribution in [3.8, 4) is 0 Å². The van der Waals surface area contributed by atoms with E-state index >= 15 is 0 Å². The first-order valence-corrected chi connectivity index (χ1v) is 5.37. The van der Waals surface area contributed by atoms with Gasteiger partial charge in [0.15, 0.2) is 5.78 Å². The van der Waals surface area contributed by atoms with Crippen LogP contribution >= 0.6 is 11.6 Å². The molecule has 0 N–H and O–H groups in total. The molecule has 0 spiro atoms. The van der Waals surface area contributed by atoms with Gasteiger partial charge >= 0.3 is 0 Å². The number of halogens is 2. The van der Waals surface area contributed by atoms with Gasteiger partial charge in [-0.05, 0) is 24.5 Å². The van der Waals surface area contributed by atoms with Crippen molar-refractivity contribution in [2.45, 2.75) is 26.7 Å². The summed E-state index contributed by atoms with van der Waals surface area (Å²) in [6.45, 7) is 4.08. The molecule has 82 valence electrons. The number of carbonyl (C=O) groups excluding carboxylic acids is 1. The highest BCUT2D eigenvalue weighted by molar-refractivity contribution is 6.34. The topological polar surface area (TPSA) is 17.1 Å². The second kappa shape index (κ2) is 5.26. The molecule has 1 nitrogen and oxygen atoms in total. The van der Waals surface area contributed by atoms with Gasteiger partial charge in [-0.25, -0.2) is 4.39 Å². The zero-order chi connectivity index (χ0) is 11.4. The molecule has 15 heavy (non-hydrogen) atoms. The molecular formula is C12H14ClFO. The Morgan fingerprint density at radius 2 is 2.13 bits per heavy atom. The van der Waals surface area contributed by atoms with Crippen molar-refractivity contribution < 1.29 is 9.18 Å². The number of hydrogen-bond donors (Lipinski definition) is 0. The Kier molecular flexibility index (Phi) is 4.28. The molecule has 3 heteroatoms. The van der Waals surface area contributed by atoms with Crippen LogP contribution in [0.3, 0.4) is 0 Å². The molecule has 1 aromatic carbocycles. The minimum Gasteiger partial charge on any atom is -0.294 e. The van der Waals surface area contributed by atoms with Gasteiger partial charge in [0, 0.05) is 12.0 Å². The quantitative estimate of drug-likeness (QED) is 0.710. The SMILES string of the molecule is CC(C)CCC(=O)c1cccc(F)c1Cl. The molecule has 0 amide bonds. The molecule has 1 rings (SSSR count). The maximum Gasteiger partial charge on any atom is 0.164 e. The molecule has 0 radical (unpaired) electrons. The summed E-state index contributed by atoms with van der Waals surface area (Å²) in [5.41, 5.74) is 0.289. The van der Waals surface area contributed by atoms with Crippen molar-refractivity contribution in [2.75, 3.05) is 0 Å². The summed E-state index contributed by atoms with van der Waals surface area (Å²) >= 11 is 5.71. The predicted molar refractivity (Wildman–Crippen MR) is 59.8 cm³/mol. The second-order valence-corrected chi connectivity index (χ2v) is 4.34. The fourth-order valence-electron chi connectivity index (χ4n) is 1.27. The van der Waals surface area contributed by atoms with Crippen LogP contribution in [0.1, 0.15) is 37.0 Å². The summed E-state index contributed by atoms with van der Waals surface area (Å²) in [7, 11) is 0. The van der Waals surface area contributed by atoms with Crippen LogP contribution in [0.5, 0.6) is 0 Å². The Bertz CT molecular complexity index is 361. The van der Waals surface area contributed by atoms with Crippen LogP contribution in [0, 0.1) is 11.7 Å². The van der Waals surface area contributed by atoms with Crippen LogP contribution in [0.25, 0.3) is 0 Å². The zero-order valence-electron chi connectivity index (χ0n) is 8.89. The number of ketones is 1. The fraction of sp³-hybridized carbons (Fsp3) is 0.417. The summed E-state index contributed by atoms with van der Waals surface area (Å²) in [5.74, 6) is -0.165. The number of hydrogen-bond acceptors (Lipinski definition) is 1. The maximum absolute atomic E-state index is 13.1. The molecule has 0 saturated carbocycles. The molecular weight excluding hydrogens is 215 g/mol. The maximum atomic E-state index is 13.1. The third-order valence-corrected chi connectivity index (χ3v) is 2.58. The lowest BCUT2D eigenvalue weighted by molar-refractivity contribution is 0.0975. The van der Waals surface area contributed by atoms with Crippen molar-refractivity contribution in [1.82, 2.24) is 0 Å². The van der Waals surface area contributed by atoms with Crippen LogP contribution in [-0.2, 0) is 0 Å². The highest BCUT2D eigenvalue weighted by atomic mass is 35.5. The summed E-state index contributed by atoms with van der Waals surface area (Å²) in [4.78, 5) is 11.7. The molecule has 0 aromatic heterocycles.